The molecule has 0 aliphatic heterocycles. The lowest BCUT2D eigenvalue weighted by molar-refractivity contribution is 0.856. The summed E-state index contributed by atoms with van der Waals surface area (Å²) < 4.78 is 4.85. The fourth-order valence-electron chi connectivity index (χ4n) is 11.3. The maximum Gasteiger partial charge on any atom is 0.164 e. The summed E-state index contributed by atoms with van der Waals surface area (Å²) in [5.74, 6) is 1.90. The lowest BCUT2D eigenvalue weighted by atomic mass is 9.84. The van der Waals surface area contributed by atoms with Gasteiger partial charge in [0.2, 0.25) is 0 Å². The van der Waals surface area contributed by atoms with E-state index in [1.807, 2.05) is 18.2 Å². The second-order valence-electron chi connectivity index (χ2n) is 19.1. The molecule has 0 fully saturated rings. The number of hydrogen-bond donors (Lipinski definition) is 0. The van der Waals surface area contributed by atoms with Gasteiger partial charge in [0.1, 0.15) is 0 Å². The summed E-state index contributed by atoms with van der Waals surface area (Å²) in [6, 6.07) is 88.9. The molecule has 1 unspecified atom stereocenters. The predicted molar refractivity (Wildman–Crippen MR) is 307 cm³/mol. The smallest absolute Gasteiger partial charge is 0.164 e. The van der Waals surface area contributed by atoms with Gasteiger partial charge in [-0.2, -0.15) is 0 Å². The summed E-state index contributed by atoms with van der Waals surface area (Å²) in [6.07, 6.45) is 7.69. The summed E-state index contributed by atoms with van der Waals surface area (Å²) in [6.45, 7) is 0. The topological polar surface area (TPSA) is 48.5 Å². The first-order valence-electron chi connectivity index (χ1n) is 25.4. The molecule has 0 radical (unpaired) electrons. The van der Waals surface area contributed by atoms with Gasteiger partial charge in [-0.05, 0) is 107 Å². The summed E-state index contributed by atoms with van der Waals surface area (Å²) in [7, 11) is 0. The van der Waals surface area contributed by atoms with Gasteiger partial charge in [0.15, 0.2) is 17.5 Å². The largest absolute Gasteiger partial charge is 0.309 e. The van der Waals surface area contributed by atoms with Gasteiger partial charge in [-0.15, -0.1) is 0 Å². The molecule has 74 heavy (non-hydrogen) atoms. The maximum atomic E-state index is 5.47. The lowest BCUT2D eigenvalue weighted by Crippen LogP contribution is -2.08. The van der Waals surface area contributed by atoms with E-state index in [-0.39, 0.29) is 5.92 Å². The van der Waals surface area contributed by atoms with Gasteiger partial charge in [0.25, 0.3) is 0 Å². The van der Waals surface area contributed by atoms with Crippen LogP contribution in [0.5, 0.6) is 0 Å². The van der Waals surface area contributed by atoms with Crippen LogP contribution in [-0.4, -0.2) is 24.1 Å². The second kappa shape index (κ2) is 18.2. The third kappa shape index (κ3) is 7.53. The zero-order chi connectivity index (χ0) is 49.0. The highest BCUT2D eigenvalue weighted by Gasteiger charge is 2.24. The molecule has 5 nitrogen and oxygen atoms in total. The zero-order valence-corrected chi connectivity index (χ0v) is 40.4. The molecule has 0 saturated heterocycles. The molecule has 1 aliphatic carbocycles. The summed E-state index contributed by atoms with van der Waals surface area (Å²) in [4.78, 5) is 16.1. The summed E-state index contributed by atoms with van der Waals surface area (Å²) >= 11 is 0. The number of hydrogen-bond acceptors (Lipinski definition) is 3. The van der Waals surface area contributed by atoms with Gasteiger partial charge in [-0.1, -0.05) is 200 Å². The van der Waals surface area contributed by atoms with E-state index in [0.717, 1.165) is 67.8 Å². The fraction of sp³-hybridized carbons (Fsp3) is 0.0290. The van der Waals surface area contributed by atoms with Crippen LogP contribution in [0.4, 0.5) is 0 Å². The average molecular weight is 946 g/mol. The Kier molecular flexibility index (Phi) is 10.6. The highest BCUT2D eigenvalue weighted by Crippen LogP contribution is 2.43. The van der Waals surface area contributed by atoms with E-state index < -0.39 is 0 Å². The Labute approximate surface area is 429 Å². The summed E-state index contributed by atoms with van der Waals surface area (Å²) in [5.41, 5.74) is 17.8. The predicted octanol–water partition coefficient (Wildman–Crippen LogP) is 17.5. The number of aromatic nitrogens is 5. The molecule has 1 atom stereocenters. The van der Waals surface area contributed by atoms with Crippen LogP contribution in [0.2, 0.25) is 0 Å². The van der Waals surface area contributed by atoms with Crippen LogP contribution in [0.15, 0.2) is 267 Å². The molecule has 10 aromatic carbocycles. The number of fused-ring (bicyclic) bond motifs is 6. The van der Waals surface area contributed by atoms with Crippen molar-refractivity contribution in [1.82, 2.24) is 24.1 Å². The van der Waals surface area contributed by atoms with Crippen molar-refractivity contribution in [3.05, 3.63) is 278 Å². The monoisotopic (exact) mass is 945 g/mol. The van der Waals surface area contributed by atoms with Crippen molar-refractivity contribution >= 4 is 49.2 Å². The zero-order valence-electron chi connectivity index (χ0n) is 40.4. The van der Waals surface area contributed by atoms with Crippen LogP contribution < -0.4 is 0 Å². The standard InChI is InChI=1S/C69H47N5/c1-4-20-46(21-5-1)49-26-18-28-51(42-49)59-44-53(38-40-65(59)73-61-34-14-10-30-55(61)56-31-11-15-35-62(56)73)68-70-67(48-24-8-3-9-25-48)71-69(72-68)54-39-41-66(74-63-36-16-12-32-57(63)58-33-13-17-37-64(58)74)60(45-54)52-29-19-27-50(43-52)47-22-6-2-7-23-47/h1-42,44-45,52H,43H2. The minimum Gasteiger partial charge on any atom is -0.309 e. The highest BCUT2D eigenvalue weighted by atomic mass is 15.0. The Morgan fingerprint density at radius 1 is 0.324 bits per heavy atom. The third-order valence-electron chi connectivity index (χ3n) is 14.8. The van der Waals surface area contributed by atoms with Crippen LogP contribution in [-0.2, 0) is 0 Å². The van der Waals surface area contributed by atoms with E-state index in [4.69, 9.17) is 15.0 Å². The molecule has 0 saturated carbocycles. The minimum atomic E-state index is 0.0718. The van der Waals surface area contributed by atoms with Gasteiger partial charge in [0, 0.05) is 49.7 Å². The molecule has 14 rings (SSSR count). The maximum absolute atomic E-state index is 5.47. The molecule has 1 aliphatic rings. The highest BCUT2D eigenvalue weighted by molar-refractivity contribution is 6.11. The van der Waals surface area contributed by atoms with Crippen molar-refractivity contribution < 1.29 is 0 Å². The Balaban J connectivity index is 0.978. The number of nitrogens with zero attached hydrogens (tertiary/aromatic N) is 5. The van der Waals surface area contributed by atoms with Crippen molar-refractivity contribution in [3.63, 3.8) is 0 Å². The van der Waals surface area contributed by atoms with E-state index in [1.165, 1.54) is 49.3 Å². The van der Waals surface area contributed by atoms with Crippen LogP contribution in [0.3, 0.4) is 0 Å². The van der Waals surface area contributed by atoms with Gasteiger partial charge in [0.05, 0.1) is 33.4 Å². The average Bonchev–Trinajstić information content (AvgIpc) is 4.03. The van der Waals surface area contributed by atoms with Crippen LogP contribution in [0.1, 0.15) is 23.5 Å². The molecule has 13 aromatic rings. The molecule has 3 heterocycles. The molecule has 0 N–H and O–H groups in total. The van der Waals surface area contributed by atoms with Crippen LogP contribution >= 0.6 is 0 Å². The van der Waals surface area contributed by atoms with Crippen molar-refractivity contribution in [2.45, 2.75) is 12.3 Å². The molecule has 348 valence electrons. The minimum absolute atomic E-state index is 0.0718. The number of rotatable bonds is 9. The van der Waals surface area contributed by atoms with Crippen LogP contribution in [0, 0.1) is 0 Å². The molecule has 0 amide bonds. The first-order valence-corrected chi connectivity index (χ1v) is 25.4. The van der Waals surface area contributed by atoms with Crippen molar-refractivity contribution in [2.75, 3.05) is 0 Å². The first-order chi connectivity index (χ1) is 36.7. The number of allylic oxidation sites excluding steroid dienone is 4. The van der Waals surface area contributed by atoms with E-state index >= 15 is 0 Å². The Bertz CT molecular complexity index is 4230. The van der Waals surface area contributed by atoms with Gasteiger partial charge in [-0.3, -0.25) is 0 Å². The quantitative estimate of drug-likeness (QED) is 0.145. The van der Waals surface area contributed by atoms with Gasteiger partial charge < -0.3 is 9.13 Å². The van der Waals surface area contributed by atoms with Gasteiger partial charge in [-0.25, -0.2) is 15.0 Å². The van der Waals surface area contributed by atoms with E-state index in [2.05, 4.69) is 258 Å². The summed E-state index contributed by atoms with van der Waals surface area (Å²) in [5, 5.41) is 4.88. The molecule has 0 bridgehead atoms. The SMILES string of the molecule is C1=CC(c2cc(-c3nc(-c4ccccc4)nc(-c4ccc(-n5c6ccccc6c6ccccc65)c(-c5cccc(-c6ccccc6)c5)c4)n3)ccc2-n2c3ccccc3c3ccccc32)CC(c2ccccc2)=C1. The van der Waals surface area contributed by atoms with E-state index in [9.17, 15) is 0 Å². The third-order valence-corrected chi connectivity index (χ3v) is 14.8. The molecular formula is C69H47N5. The molecular weight excluding hydrogens is 899 g/mol. The fourth-order valence-corrected chi connectivity index (χ4v) is 11.3. The van der Waals surface area contributed by atoms with Crippen molar-refractivity contribution in [3.8, 4) is 67.8 Å². The van der Waals surface area contributed by atoms with E-state index in [0.29, 0.717) is 17.5 Å². The number of benzene rings is 10. The normalized spacial score (nSPS) is 13.5. The van der Waals surface area contributed by atoms with E-state index in [1.54, 1.807) is 0 Å². The van der Waals surface area contributed by atoms with Crippen molar-refractivity contribution in [1.29, 1.82) is 0 Å². The molecule has 0 spiro atoms. The first kappa shape index (κ1) is 43.1. The molecule has 3 aromatic heterocycles. The van der Waals surface area contributed by atoms with Crippen molar-refractivity contribution in [2.24, 2.45) is 0 Å². The lowest BCUT2D eigenvalue weighted by Gasteiger charge is -2.24. The number of para-hydroxylation sites is 4. The van der Waals surface area contributed by atoms with Crippen LogP contribution in [0.25, 0.3) is 117 Å². The Hall–Kier alpha value is -9.71. The van der Waals surface area contributed by atoms with Gasteiger partial charge >= 0.3 is 0 Å². The Morgan fingerprint density at radius 2 is 0.757 bits per heavy atom. The Morgan fingerprint density at radius 3 is 1.32 bits per heavy atom. The molecule has 5 heteroatoms. The second-order valence-corrected chi connectivity index (χ2v) is 19.1.